The molecule has 0 spiro atoms. The fourth-order valence-electron chi connectivity index (χ4n) is 4.72. The van der Waals surface area contributed by atoms with Crippen molar-refractivity contribution in [3.8, 4) is 21.6 Å². The Hall–Kier alpha value is -3.44. The SMILES string of the molecule is CCSCC(OCc1ccc(C(=O)NC(CCS(C)(=O)=O)C(=O)O)c(-c2ccccc2C)c1)c1ccc(-c2ccccc2)s1. The summed E-state index contributed by atoms with van der Waals surface area (Å²) < 4.78 is 29.8. The number of carboxylic acid groups (broad SMARTS) is 1. The molecule has 44 heavy (non-hydrogen) atoms. The third kappa shape index (κ3) is 9.28. The smallest absolute Gasteiger partial charge is 0.326 e. The predicted octanol–water partition coefficient (Wildman–Crippen LogP) is 7.02. The van der Waals surface area contributed by atoms with Crippen LogP contribution in [0, 0.1) is 6.92 Å². The summed E-state index contributed by atoms with van der Waals surface area (Å²) in [6.07, 6.45) is 0.701. The van der Waals surface area contributed by atoms with Gasteiger partial charge in [-0.05, 0) is 71.2 Å². The molecule has 0 aliphatic carbocycles. The molecule has 2 atom stereocenters. The van der Waals surface area contributed by atoms with E-state index in [-0.39, 0.29) is 18.3 Å². The molecule has 1 amide bonds. The molecule has 232 valence electrons. The van der Waals surface area contributed by atoms with Crippen LogP contribution in [0.15, 0.2) is 84.9 Å². The summed E-state index contributed by atoms with van der Waals surface area (Å²) >= 11 is 3.54. The van der Waals surface area contributed by atoms with Gasteiger partial charge in [0.2, 0.25) is 0 Å². The summed E-state index contributed by atoms with van der Waals surface area (Å²) in [5.41, 5.74) is 4.79. The lowest BCUT2D eigenvalue weighted by Gasteiger charge is -2.19. The van der Waals surface area contributed by atoms with Gasteiger partial charge < -0.3 is 15.2 Å². The largest absolute Gasteiger partial charge is 0.480 e. The molecule has 0 aliphatic heterocycles. The van der Waals surface area contributed by atoms with Crippen molar-refractivity contribution in [3.63, 3.8) is 0 Å². The van der Waals surface area contributed by atoms with Crippen molar-refractivity contribution in [2.24, 2.45) is 0 Å². The van der Waals surface area contributed by atoms with E-state index in [1.54, 1.807) is 17.4 Å². The average molecular weight is 652 g/mol. The highest BCUT2D eigenvalue weighted by atomic mass is 32.2. The van der Waals surface area contributed by atoms with Gasteiger partial charge in [0.15, 0.2) is 0 Å². The van der Waals surface area contributed by atoms with Gasteiger partial charge in [-0.1, -0.05) is 67.6 Å². The molecule has 0 fully saturated rings. The second kappa shape index (κ2) is 15.5. The zero-order valence-corrected chi connectivity index (χ0v) is 27.4. The van der Waals surface area contributed by atoms with Gasteiger partial charge in [-0.3, -0.25) is 4.79 Å². The molecule has 0 saturated carbocycles. The van der Waals surface area contributed by atoms with Crippen LogP contribution in [-0.4, -0.2) is 55.0 Å². The maximum absolute atomic E-state index is 13.4. The topological polar surface area (TPSA) is 110 Å². The molecule has 1 aromatic heterocycles. The quantitative estimate of drug-likeness (QED) is 0.142. The number of amides is 1. The fourth-order valence-corrected chi connectivity index (χ4v) is 7.28. The Kier molecular flexibility index (Phi) is 11.8. The van der Waals surface area contributed by atoms with Crippen molar-refractivity contribution >= 4 is 44.8 Å². The lowest BCUT2D eigenvalue weighted by Crippen LogP contribution is -2.42. The van der Waals surface area contributed by atoms with Crippen molar-refractivity contribution in [1.82, 2.24) is 5.32 Å². The van der Waals surface area contributed by atoms with Crippen molar-refractivity contribution in [2.45, 2.75) is 39.0 Å². The van der Waals surface area contributed by atoms with Gasteiger partial charge in [-0.25, -0.2) is 13.2 Å². The number of hydrogen-bond acceptors (Lipinski definition) is 7. The van der Waals surface area contributed by atoms with Crippen LogP contribution in [0.5, 0.6) is 0 Å². The van der Waals surface area contributed by atoms with Crippen LogP contribution < -0.4 is 5.32 Å². The van der Waals surface area contributed by atoms with E-state index in [0.29, 0.717) is 17.7 Å². The second-order valence-corrected chi connectivity index (χ2v) is 15.2. The highest BCUT2D eigenvalue weighted by Gasteiger charge is 2.24. The molecule has 10 heteroatoms. The van der Waals surface area contributed by atoms with Gasteiger partial charge in [0.25, 0.3) is 5.91 Å². The first-order valence-corrected chi connectivity index (χ1v) is 18.3. The van der Waals surface area contributed by atoms with E-state index in [1.165, 1.54) is 10.4 Å². The van der Waals surface area contributed by atoms with Gasteiger partial charge in [0.1, 0.15) is 22.0 Å². The van der Waals surface area contributed by atoms with Crippen LogP contribution >= 0.6 is 23.1 Å². The van der Waals surface area contributed by atoms with E-state index in [1.807, 2.05) is 73.3 Å². The van der Waals surface area contributed by atoms with Gasteiger partial charge in [0, 0.05) is 27.3 Å². The van der Waals surface area contributed by atoms with Gasteiger partial charge in [-0.2, -0.15) is 11.8 Å². The van der Waals surface area contributed by atoms with E-state index in [4.69, 9.17) is 4.74 Å². The van der Waals surface area contributed by atoms with Crippen molar-refractivity contribution < 1.29 is 27.9 Å². The summed E-state index contributed by atoms with van der Waals surface area (Å²) in [4.78, 5) is 27.6. The van der Waals surface area contributed by atoms with Crippen molar-refractivity contribution in [3.05, 3.63) is 106 Å². The Bertz CT molecular complexity index is 1680. The van der Waals surface area contributed by atoms with E-state index in [9.17, 15) is 23.1 Å². The first-order valence-electron chi connectivity index (χ1n) is 14.3. The number of nitrogens with one attached hydrogen (secondary N) is 1. The number of carbonyl (C=O) groups excluding carboxylic acids is 1. The molecule has 2 N–H and O–H groups in total. The molecule has 1 heterocycles. The minimum atomic E-state index is -3.40. The highest BCUT2D eigenvalue weighted by Crippen LogP contribution is 2.35. The summed E-state index contributed by atoms with van der Waals surface area (Å²) in [7, 11) is -3.40. The number of hydrogen-bond donors (Lipinski definition) is 2. The normalized spacial score (nSPS) is 12.9. The van der Waals surface area contributed by atoms with Crippen molar-refractivity contribution in [2.75, 3.05) is 23.5 Å². The number of sulfone groups is 1. The number of thiophene rings is 1. The van der Waals surface area contributed by atoms with Crippen LogP contribution in [-0.2, 0) is 26.0 Å². The van der Waals surface area contributed by atoms with E-state index >= 15 is 0 Å². The molecule has 0 saturated heterocycles. The van der Waals surface area contributed by atoms with Crippen LogP contribution in [0.1, 0.15) is 45.8 Å². The number of aliphatic carboxylic acids is 1. The van der Waals surface area contributed by atoms with E-state index in [2.05, 4.69) is 36.5 Å². The zero-order chi connectivity index (χ0) is 31.7. The number of rotatable bonds is 15. The molecule has 4 aromatic rings. The number of benzene rings is 3. The van der Waals surface area contributed by atoms with Crippen molar-refractivity contribution in [1.29, 1.82) is 0 Å². The third-order valence-corrected chi connectivity index (χ3v) is 10.2. The lowest BCUT2D eigenvalue weighted by molar-refractivity contribution is -0.139. The minimum Gasteiger partial charge on any atom is -0.480 e. The Balaban J connectivity index is 1.59. The lowest BCUT2D eigenvalue weighted by atomic mass is 9.93. The van der Waals surface area contributed by atoms with Gasteiger partial charge in [-0.15, -0.1) is 11.3 Å². The maximum atomic E-state index is 13.4. The van der Waals surface area contributed by atoms with Gasteiger partial charge in [0.05, 0.1) is 12.4 Å². The molecule has 3 aromatic carbocycles. The van der Waals surface area contributed by atoms with Crippen LogP contribution in [0.3, 0.4) is 0 Å². The monoisotopic (exact) mass is 651 g/mol. The third-order valence-electron chi connectivity index (χ3n) is 7.07. The molecular weight excluding hydrogens is 615 g/mol. The predicted molar refractivity (Wildman–Crippen MR) is 180 cm³/mol. The standard InChI is InChI=1S/C34H37NO6S3/c1-4-42-22-30(32-17-16-31(43-32)25-11-6-5-7-12-25)41-21-24-14-15-27(28(20-24)26-13-9-8-10-23(26)2)33(36)35-29(34(37)38)18-19-44(3,39)40/h5-17,20,29-30H,4,18-19,21-22H2,1-3H3,(H,35,36)(H,37,38). The number of carbonyl (C=O) groups is 2. The fraction of sp³-hybridized carbons (Fsp3) is 0.294. The molecule has 4 rings (SSSR count). The van der Waals surface area contributed by atoms with E-state index in [0.717, 1.165) is 39.3 Å². The van der Waals surface area contributed by atoms with Gasteiger partial charge >= 0.3 is 5.97 Å². The summed E-state index contributed by atoms with van der Waals surface area (Å²) in [5.74, 6) is -0.440. The molecular formula is C34H37NO6S3. The molecule has 7 nitrogen and oxygen atoms in total. The first kappa shape index (κ1) is 33.5. The number of carboxylic acids is 1. The minimum absolute atomic E-state index is 0.113. The Morgan fingerprint density at radius 2 is 1.70 bits per heavy atom. The second-order valence-electron chi connectivity index (χ2n) is 10.5. The first-order chi connectivity index (χ1) is 21.1. The molecule has 0 radical (unpaired) electrons. The molecule has 0 bridgehead atoms. The molecule has 0 aliphatic rings. The highest BCUT2D eigenvalue weighted by molar-refractivity contribution is 7.99. The Labute approximate surface area is 267 Å². The maximum Gasteiger partial charge on any atom is 0.326 e. The summed E-state index contributed by atoms with van der Waals surface area (Å²) in [6, 6.07) is 26.3. The van der Waals surface area contributed by atoms with Crippen LogP contribution in [0.2, 0.25) is 0 Å². The van der Waals surface area contributed by atoms with Crippen LogP contribution in [0.25, 0.3) is 21.6 Å². The van der Waals surface area contributed by atoms with E-state index < -0.39 is 27.8 Å². The summed E-state index contributed by atoms with van der Waals surface area (Å²) in [6.45, 7) is 4.39. The number of aryl methyl sites for hydroxylation is 1. The number of ether oxygens (including phenoxy) is 1. The van der Waals surface area contributed by atoms with Crippen LogP contribution in [0.4, 0.5) is 0 Å². The number of thioether (sulfide) groups is 1. The summed E-state index contributed by atoms with van der Waals surface area (Å²) in [5, 5.41) is 12.2. The Morgan fingerprint density at radius 1 is 0.977 bits per heavy atom. The average Bonchev–Trinajstić information content (AvgIpc) is 3.49. The zero-order valence-electron chi connectivity index (χ0n) is 25.0. The molecule has 2 unspecified atom stereocenters. The Morgan fingerprint density at radius 3 is 2.39 bits per heavy atom.